The number of carbonyl (C=O) groups is 2. The van der Waals surface area contributed by atoms with Crippen LogP contribution in [0.4, 0.5) is 13.6 Å². The molecule has 0 radical (unpaired) electrons. The first-order valence-corrected chi connectivity index (χ1v) is 4.47. The SMILES string of the molecule is COC(=O)N1CC(F)(F)CC1(C)C(C)=O. The topological polar surface area (TPSA) is 46.6 Å². The number of Topliss-reactive ketones (excluding diaryl/α,β-unsaturated/α-hetero) is 1. The minimum Gasteiger partial charge on any atom is -0.453 e. The molecular formula is C9H13F2NO3. The van der Waals surface area contributed by atoms with Crippen molar-refractivity contribution in [3.8, 4) is 0 Å². The Morgan fingerprint density at radius 3 is 2.33 bits per heavy atom. The molecule has 1 aliphatic rings. The Bertz CT molecular complexity index is 306. The van der Waals surface area contributed by atoms with Crippen molar-refractivity contribution in [2.45, 2.75) is 31.7 Å². The summed E-state index contributed by atoms with van der Waals surface area (Å²) in [5.74, 6) is -3.50. The van der Waals surface area contributed by atoms with Gasteiger partial charge < -0.3 is 4.74 Å². The number of hydrogen-bond donors (Lipinski definition) is 0. The van der Waals surface area contributed by atoms with Gasteiger partial charge in [0, 0.05) is 6.42 Å². The van der Waals surface area contributed by atoms with Crippen LogP contribution in [-0.2, 0) is 9.53 Å². The molecule has 0 aromatic carbocycles. The molecule has 86 valence electrons. The van der Waals surface area contributed by atoms with E-state index in [0.29, 0.717) is 0 Å². The molecule has 15 heavy (non-hydrogen) atoms. The number of alkyl halides is 2. The van der Waals surface area contributed by atoms with Crippen LogP contribution in [0, 0.1) is 0 Å². The standard InChI is InChI=1S/C9H13F2NO3/c1-6(13)8(2)4-9(10,11)5-12(8)7(14)15-3/h4-5H2,1-3H3. The van der Waals surface area contributed by atoms with Gasteiger partial charge in [-0.15, -0.1) is 0 Å². The van der Waals surface area contributed by atoms with Gasteiger partial charge in [-0.3, -0.25) is 9.69 Å². The zero-order valence-corrected chi connectivity index (χ0v) is 8.84. The van der Waals surface area contributed by atoms with Crippen LogP contribution in [0.25, 0.3) is 0 Å². The molecule has 6 heteroatoms. The van der Waals surface area contributed by atoms with Gasteiger partial charge in [0.2, 0.25) is 0 Å². The number of likely N-dealkylation sites (tertiary alicyclic amines) is 1. The summed E-state index contributed by atoms with van der Waals surface area (Å²) in [7, 11) is 1.10. The van der Waals surface area contributed by atoms with Crippen LogP contribution in [-0.4, -0.2) is 41.9 Å². The molecule has 0 spiro atoms. The lowest BCUT2D eigenvalue weighted by Gasteiger charge is -2.30. The summed E-state index contributed by atoms with van der Waals surface area (Å²) in [6, 6.07) is 0. The molecule has 1 unspecified atom stereocenters. The molecule has 0 saturated carbocycles. The highest BCUT2D eigenvalue weighted by molar-refractivity contribution is 5.90. The summed E-state index contributed by atoms with van der Waals surface area (Å²) in [4.78, 5) is 23.3. The van der Waals surface area contributed by atoms with Gasteiger partial charge in [0.05, 0.1) is 13.7 Å². The molecule has 1 fully saturated rings. The lowest BCUT2D eigenvalue weighted by Crippen LogP contribution is -2.49. The van der Waals surface area contributed by atoms with Crippen molar-refractivity contribution in [1.29, 1.82) is 0 Å². The molecule has 0 N–H and O–H groups in total. The molecule has 4 nitrogen and oxygen atoms in total. The van der Waals surface area contributed by atoms with Crippen molar-refractivity contribution >= 4 is 11.9 Å². The maximum absolute atomic E-state index is 13.1. The van der Waals surface area contributed by atoms with Gasteiger partial charge in [0.25, 0.3) is 5.92 Å². The summed E-state index contributed by atoms with van der Waals surface area (Å²) in [5.41, 5.74) is -1.46. The molecule has 1 amide bonds. The van der Waals surface area contributed by atoms with Crippen LogP contribution >= 0.6 is 0 Å². The molecule has 1 saturated heterocycles. The number of methoxy groups -OCH3 is 1. The first kappa shape index (κ1) is 11.9. The van der Waals surface area contributed by atoms with E-state index in [-0.39, 0.29) is 0 Å². The van der Waals surface area contributed by atoms with Crippen molar-refractivity contribution in [1.82, 2.24) is 4.90 Å². The maximum atomic E-state index is 13.1. The van der Waals surface area contributed by atoms with E-state index in [4.69, 9.17) is 0 Å². The summed E-state index contributed by atoms with van der Waals surface area (Å²) in [6.07, 6.45) is -1.55. The molecule has 0 aromatic heterocycles. The molecule has 0 aliphatic carbocycles. The van der Waals surface area contributed by atoms with Gasteiger partial charge >= 0.3 is 6.09 Å². The number of amides is 1. The molecule has 1 heterocycles. The van der Waals surface area contributed by atoms with Crippen LogP contribution in [0.1, 0.15) is 20.3 Å². The van der Waals surface area contributed by atoms with Gasteiger partial charge in [0.15, 0.2) is 5.78 Å². The summed E-state index contributed by atoms with van der Waals surface area (Å²) in [5, 5.41) is 0. The van der Waals surface area contributed by atoms with Crippen molar-refractivity contribution in [3.63, 3.8) is 0 Å². The van der Waals surface area contributed by atoms with Gasteiger partial charge in [-0.2, -0.15) is 0 Å². The van der Waals surface area contributed by atoms with Gasteiger partial charge in [-0.1, -0.05) is 0 Å². The highest BCUT2D eigenvalue weighted by atomic mass is 19.3. The quantitative estimate of drug-likeness (QED) is 0.673. The number of halogens is 2. The third kappa shape index (κ3) is 1.93. The number of carbonyl (C=O) groups excluding carboxylic acids is 2. The second-order valence-corrected chi connectivity index (χ2v) is 3.92. The lowest BCUT2D eigenvalue weighted by atomic mass is 9.93. The van der Waals surface area contributed by atoms with Crippen molar-refractivity contribution in [2.24, 2.45) is 0 Å². The molecule has 1 aliphatic heterocycles. The third-order valence-electron chi connectivity index (χ3n) is 2.74. The van der Waals surface area contributed by atoms with E-state index < -0.39 is 36.3 Å². The van der Waals surface area contributed by atoms with Crippen LogP contribution in [0.3, 0.4) is 0 Å². The zero-order chi connectivity index (χ0) is 11.9. The highest BCUT2D eigenvalue weighted by Crippen LogP contribution is 2.40. The number of hydrogen-bond acceptors (Lipinski definition) is 3. The Balaban J connectivity index is 3.04. The average molecular weight is 221 g/mol. The predicted octanol–water partition coefficient (Wildman–Crippen LogP) is 1.44. The van der Waals surface area contributed by atoms with E-state index >= 15 is 0 Å². The van der Waals surface area contributed by atoms with Crippen LogP contribution in [0.5, 0.6) is 0 Å². The fraction of sp³-hybridized carbons (Fsp3) is 0.778. The van der Waals surface area contributed by atoms with E-state index in [1.54, 1.807) is 0 Å². The van der Waals surface area contributed by atoms with E-state index in [0.717, 1.165) is 12.0 Å². The third-order valence-corrected chi connectivity index (χ3v) is 2.74. The molecule has 1 rings (SSSR count). The normalized spacial score (nSPS) is 29.0. The number of ether oxygens (including phenoxy) is 1. The Morgan fingerprint density at radius 1 is 1.40 bits per heavy atom. The lowest BCUT2D eigenvalue weighted by molar-refractivity contribution is -0.126. The molecule has 0 aromatic rings. The molecule has 0 bridgehead atoms. The Morgan fingerprint density at radius 2 is 1.93 bits per heavy atom. The summed E-state index contributed by atoms with van der Waals surface area (Å²) >= 11 is 0. The second-order valence-electron chi connectivity index (χ2n) is 3.92. The van der Waals surface area contributed by atoms with E-state index in [1.165, 1.54) is 13.8 Å². The summed E-state index contributed by atoms with van der Waals surface area (Å²) in [6.45, 7) is 1.75. The van der Waals surface area contributed by atoms with Gasteiger partial charge in [-0.05, 0) is 13.8 Å². The van der Waals surface area contributed by atoms with Gasteiger partial charge in [-0.25, -0.2) is 13.6 Å². The van der Waals surface area contributed by atoms with Crippen LogP contribution < -0.4 is 0 Å². The van der Waals surface area contributed by atoms with E-state index in [1.807, 2.05) is 0 Å². The number of rotatable bonds is 1. The van der Waals surface area contributed by atoms with Crippen molar-refractivity contribution in [2.75, 3.05) is 13.7 Å². The first-order valence-electron chi connectivity index (χ1n) is 4.47. The van der Waals surface area contributed by atoms with E-state index in [9.17, 15) is 18.4 Å². The Hall–Kier alpha value is -1.20. The maximum Gasteiger partial charge on any atom is 0.410 e. The minimum atomic E-state index is -3.03. The second kappa shape index (κ2) is 3.43. The molecule has 1 atom stereocenters. The monoisotopic (exact) mass is 221 g/mol. The summed E-state index contributed by atoms with van der Waals surface area (Å²) < 4.78 is 30.7. The average Bonchev–Trinajstić information content (AvgIpc) is 2.36. The van der Waals surface area contributed by atoms with Crippen LogP contribution in [0.15, 0.2) is 0 Å². The number of nitrogens with zero attached hydrogens (tertiary/aromatic N) is 1. The predicted molar refractivity (Wildman–Crippen MR) is 47.8 cm³/mol. The molecular weight excluding hydrogens is 208 g/mol. The minimum absolute atomic E-state index is 0.468. The fourth-order valence-electron chi connectivity index (χ4n) is 1.75. The number of ketones is 1. The smallest absolute Gasteiger partial charge is 0.410 e. The largest absolute Gasteiger partial charge is 0.453 e. The first-order chi connectivity index (χ1) is 6.73. The highest BCUT2D eigenvalue weighted by Gasteiger charge is 2.57. The zero-order valence-electron chi connectivity index (χ0n) is 8.84. The Labute approximate surface area is 86.2 Å². The van der Waals surface area contributed by atoms with Gasteiger partial charge in [0.1, 0.15) is 5.54 Å². The van der Waals surface area contributed by atoms with Crippen molar-refractivity contribution < 1.29 is 23.1 Å². The van der Waals surface area contributed by atoms with Crippen molar-refractivity contribution in [3.05, 3.63) is 0 Å². The van der Waals surface area contributed by atoms with E-state index in [2.05, 4.69) is 4.74 Å². The fourth-order valence-corrected chi connectivity index (χ4v) is 1.75. The Kier molecular flexibility index (Phi) is 2.71. The van der Waals surface area contributed by atoms with Crippen LogP contribution in [0.2, 0.25) is 0 Å².